The van der Waals surface area contributed by atoms with Crippen LogP contribution in [0.1, 0.15) is 29.3 Å². The highest BCUT2D eigenvalue weighted by molar-refractivity contribution is 7.80. The van der Waals surface area contributed by atoms with Gasteiger partial charge >= 0.3 is 5.97 Å². The third-order valence-corrected chi connectivity index (χ3v) is 3.59. The van der Waals surface area contributed by atoms with Crippen LogP contribution in [-0.2, 0) is 16.0 Å². The number of benzene rings is 2. The van der Waals surface area contributed by atoms with E-state index in [0.717, 1.165) is 5.56 Å². The molecule has 5 nitrogen and oxygen atoms in total. The predicted molar refractivity (Wildman–Crippen MR) is 102 cm³/mol. The van der Waals surface area contributed by atoms with Gasteiger partial charge in [0.1, 0.15) is 0 Å². The molecule has 0 radical (unpaired) electrons. The first-order chi connectivity index (χ1) is 12.1. The van der Waals surface area contributed by atoms with Crippen LogP contribution in [0.3, 0.4) is 0 Å². The highest BCUT2D eigenvalue weighted by Crippen LogP contribution is 2.10. The number of amides is 1. The van der Waals surface area contributed by atoms with Gasteiger partial charge in [0.2, 0.25) is 5.91 Å². The molecule has 0 spiro atoms. The zero-order valence-corrected chi connectivity index (χ0v) is 14.8. The monoisotopic (exact) mass is 356 g/mol. The molecule has 0 unspecified atom stereocenters. The zero-order valence-electron chi connectivity index (χ0n) is 14.0. The third kappa shape index (κ3) is 6.35. The van der Waals surface area contributed by atoms with Gasteiger partial charge in [-0.2, -0.15) is 0 Å². The molecule has 0 bridgehead atoms. The van der Waals surface area contributed by atoms with Crippen LogP contribution in [0, 0.1) is 0 Å². The normalized spacial score (nSPS) is 9.96. The van der Waals surface area contributed by atoms with Crippen molar-refractivity contribution in [1.29, 1.82) is 0 Å². The minimum absolute atomic E-state index is 0.149. The molecule has 25 heavy (non-hydrogen) atoms. The summed E-state index contributed by atoms with van der Waals surface area (Å²) in [6.07, 6.45) is 1.01. The average Bonchev–Trinajstić information content (AvgIpc) is 2.61. The van der Waals surface area contributed by atoms with Crippen LogP contribution in [0.5, 0.6) is 0 Å². The third-order valence-electron chi connectivity index (χ3n) is 3.39. The number of aryl methyl sites for hydroxylation is 1. The molecular formula is C19H20N2O3S. The molecule has 2 aromatic carbocycles. The van der Waals surface area contributed by atoms with Crippen molar-refractivity contribution in [1.82, 2.24) is 5.32 Å². The van der Waals surface area contributed by atoms with Crippen molar-refractivity contribution < 1.29 is 14.3 Å². The Morgan fingerprint density at radius 1 is 1.04 bits per heavy atom. The van der Waals surface area contributed by atoms with Gasteiger partial charge in [-0.1, -0.05) is 30.3 Å². The van der Waals surface area contributed by atoms with Crippen molar-refractivity contribution in [3.63, 3.8) is 0 Å². The number of nitrogens with one attached hydrogen (secondary N) is 2. The second-order valence-corrected chi connectivity index (χ2v) is 5.69. The summed E-state index contributed by atoms with van der Waals surface area (Å²) in [5, 5.41) is 5.79. The summed E-state index contributed by atoms with van der Waals surface area (Å²) in [5.41, 5.74) is 2.25. The second kappa shape index (κ2) is 9.54. The number of anilines is 1. The van der Waals surface area contributed by atoms with E-state index in [4.69, 9.17) is 17.0 Å². The molecule has 0 saturated carbocycles. The Morgan fingerprint density at radius 2 is 1.72 bits per heavy atom. The summed E-state index contributed by atoms with van der Waals surface area (Å²) in [4.78, 5) is 23.5. The first kappa shape index (κ1) is 18.6. The maximum Gasteiger partial charge on any atom is 0.338 e. The molecule has 2 aromatic rings. The Balaban J connectivity index is 1.79. The Morgan fingerprint density at radius 3 is 2.36 bits per heavy atom. The number of hydrogen-bond donors (Lipinski definition) is 2. The van der Waals surface area contributed by atoms with E-state index in [1.165, 1.54) is 0 Å². The quantitative estimate of drug-likeness (QED) is 0.614. The average molecular weight is 356 g/mol. The fraction of sp³-hybridized carbons (Fsp3) is 0.211. The summed E-state index contributed by atoms with van der Waals surface area (Å²) in [6, 6.07) is 16.5. The lowest BCUT2D eigenvalue weighted by molar-refractivity contribution is -0.119. The molecule has 2 rings (SSSR count). The number of rotatable bonds is 6. The molecule has 6 heteroatoms. The van der Waals surface area contributed by atoms with Crippen molar-refractivity contribution in [2.45, 2.75) is 19.8 Å². The van der Waals surface area contributed by atoms with Crippen LogP contribution >= 0.6 is 12.2 Å². The lowest BCUT2D eigenvalue weighted by atomic mass is 10.1. The Kier molecular flexibility index (Phi) is 7.10. The minimum atomic E-state index is -0.370. The van der Waals surface area contributed by atoms with Crippen molar-refractivity contribution in [3.05, 3.63) is 65.7 Å². The molecule has 0 saturated heterocycles. The number of carbonyl (C=O) groups excluding carboxylic acids is 2. The molecule has 0 aliphatic rings. The van der Waals surface area contributed by atoms with Crippen LogP contribution in [0.15, 0.2) is 54.6 Å². The van der Waals surface area contributed by atoms with Gasteiger partial charge in [0.05, 0.1) is 12.2 Å². The van der Waals surface area contributed by atoms with Crippen molar-refractivity contribution in [2.24, 2.45) is 0 Å². The topological polar surface area (TPSA) is 67.4 Å². The number of carbonyl (C=O) groups is 2. The van der Waals surface area contributed by atoms with Crippen molar-refractivity contribution >= 4 is 34.9 Å². The van der Waals surface area contributed by atoms with Crippen molar-refractivity contribution in [2.75, 3.05) is 11.9 Å². The summed E-state index contributed by atoms with van der Waals surface area (Å²) in [7, 11) is 0. The van der Waals surface area contributed by atoms with E-state index in [9.17, 15) is 9.59 Å². The predicted octanol–water partition coefficient (Wildman–Crippen LogP) is 3.31. The zero-order chi connectivity index (χ0) is 18.1. The summed E-state index contributed by atoms with van der Waals surface area (Å²) < 4.78 is 4.92. The van der Waals surface area contributed by atoms with Gasteiger partial charge in [-0.15, -0.1) is 0 Å². The Labute approximate surface area is 152 Å². The minimum Gasteiger partial charge on any atom is -0.462 e. The highest BCUT2D eigenvalue weighted by atomic mass is 32.1. The summed E-state index contributed by atoms with van der Waals surface area (Å²) in [5.74, 6) is -0.518. The Bertz CT molecular complexity index is 730. The van der Waals surface area contributed by atoms with Gasteiger partial charge in [0.25, 0.3) is 0 Å². The molecule has 0 fully saturated rings. The molecule has 2 N–H and O–H groups in total. The molecule has 0 atom stereocenters. The van der Waals surface area contributed by atoms with E-state index in [1.807, 2.05) is 30.3 Å². The Hall–Kier alpha value is -2.73. The first-order valence-electron chi connectivity index (χ1n) is 8.00. The molecule has 130 valence electrons. The van der Waals surface area contributed by atoms with Crippen LogP contribution < -0.4 is 10.6 Å². The van der Waals surface area contributed by atoms with E-state index < -0.39 is 0 Å². The molecular weight excluding hydrogens is 336 g/mol. The lowest BCUT2D eigenvalue weighted by Crippen LogP contribution is -2.34. The van der Waals surface area contributed by atoms with Gasteiger partial charge in [-0.3, -0.25) is 4.79 Å². The summed E-state index contributed by atoms with van der Waals surface area (Å²) >= 11 is 5.13. The van der Waals surface area contributed by atoms with Gasteiger partial charge < -0.3 is 15.4 Å². The van der Waals surface area contributed by atoms with E-state index in [-0.39, 0.29) is 17.0 Å². The number of ether oxygens (including phenoxy) is 1. The number of hydrogen-bond acceptors (Lipinski definition) is 4. The fourth-order valence-electron chi connectivity index (χ4n) is 2.16. The number of thiocarbonyl (C=S) groups is 1. The van der Waals surface area contributed by atoms with Crippen LogP contribution in [0.2, 0.25) is 0 Å². The van der Waals surface area contributed by atoms with E-state index >= 15 is 0 Å². The van der Waals surface area contributed by atoms with E-state index in [1.54, 1.807) is 31.2 Å². The molecule has 0 aliphatic carbocycles. The van der Waals surface area contributed by atoms with Crippen molar-refractivity contribution in [3.8, 4) is 0 Å². The van der Waals surface area contributed by atoms with Gasteiger partial charge in [0.15, 0.2) is 5.11 Å². The highest BCUT2D eigenvalue weighted by Gasteiger charge is 2.08. The fourth-order valence-corrected chi connectivity index (χ4v) is 2.39. The molecule has 0 aliphatic heterocycles. The lowest BCUT2D eigenvalue weighted by Gasteiger charge is -2.10. The molecule has 0 aromatic heterocycles. The second-order valence-electron chi connectivity index (χ2n) is 5.29. The maximum atomic E-state index is 11.9. The smallest absolute Gasteiger partial charge is 0.338 e. The maximum absolute atomic E-state index is 11.9. The summed E-state index contributed by atoms with van der Waals surface area (Å²) in [6.45, 7) is 2.09. The van der Waals surface area contributed by atoms with Crippen LogP contribution in [0.25, 0.3) is 0 Å². The largest absolute Gasteiger partial charge is 0.462 e. The van der Waals surface area contributed by atoms with E-state index in [0.29, 0.717) is 30.7 Å². The van der Waals surface area contributed by atoms with E-state index in [2.05, 4.69) is 10.6 Å². The van der Waals surface area contributed by atoms with Crippen LogP contribution in [-0.4, -0.2) is 23.6 Å². The molecule has 1 amide bonds. The van der Waals surface area contributed by atoms with Gasteiger partial charge in [-0.05, 0) is 55.4 Å². The SMILES string of the molecule is CCOC(=O)c1ccc(NC(=S)NC(=O)CCc2ccccc2)cc1. The van der Waals surface area contributed by atoms with Gasteiger partial charge in [0, 0.05) is 12.1 Å². The standard InChI is InChI=1S/C19H20N2O3S/c1-2-24-18(23)15-9-11-16(12-10-15)20-19(25)21-17(22)13-8-14-6-4-3-5-7-14/h3-7,9-12H,2,8,13H2,1H3,(H2,20,21,22,25). The number of esters is 1. The molecule has 0 heterocycles. The van der Waals surface area contributed by atoms with Crippen LogP contribution in [0.4, 0.5) is 5.69 Å². The van der Waals surface area contributed by atoms with Gasteiger partial charge in [-0.25, -0.2) is 4.79 Å². The first-order valence-corrected chi connectivity index (χ1v) is 8.41.